The predicted octanol–water partition coefficient (Wildman–Crippen LogP) is 5.59. The smallest absolute Gasteiger partial charge is 0.268 e. The molecule has 3 heterocycles. The highest BCUT2D eigenvalue weighted by atomic mass is 35.5. The van der Waals surface area contributed by atoms with Crippen LogP contribution in [-0.2, 0) is 6.61 Å². The van der Waals surface area contributed by atoms with Crippen LogP contribution in [-0.4, -0.2) is 15.5 Å². The minimum atomic E-state index is -0.162. The van der Waals surface area contributed by atoms with E-state index in [9.17, 15) is 4.79 Å². The number of pyridine rings is 1. The average molecular weight is 395 g/mol. The van der Waals surface area contributed by atoms with Crippen molar-refractivity contribution >= 4 is 40.0 Å². The quantitative estimate of drug-likeness (QED) is 0.400. The number of hydrogen-bond donors (Lipinski definition) is 0. The summed E-state index contributed by atoms with van der Waals surface area (Å²) in [4.78, 5) is 17.6. The molecule has 132 valence electrons. The Labute approximate surface area is 164 Å². The van der Waals surface area contributed by atoms with E-state index in [1.54, 1.807) is 29.0 Å². The number of benzene rings is 2. The number of carbonyl (C=O) groups is 1. The summed E-state index contributed by atoms with van der Waals surface area (Å²) < 4.78 is 7.72. The number of hydrogen-bond acceptors (Lipinski definition) is 3. The number of fused-ring (bicyclic) bond motifs is 4. The van der Waals surface area contributed by atoms with Crippen LogP contribution < -0.4 is 4.74 Å². The van der Waals surface area contributed by atoms with E-state index >= 15 is 0 Å². The molecule has 0 spiro atoms. The maximum atomic E-state index is 13.0. The number of carbonyl (C=O) groups excluding carboxylic acids is 1. The molecule has 1 aliphatic rings. The Morgan fingerprint density at radius 2 is 1.81 bits per heavy atom. The van der Waals surface area contributed by atoms with Crippen LogP contribution in [0, 0.1) is 0 Å². The molecule has 27 heavy (non-hydrogen) atoms. The fourth-order valence-corrected chi connectivity index (χ4v) is 3.76. The zero-order chi connectivity index (χ0) is 18.5. The van der Waals surface area contributed by atoms with Crippen LogP contribution in [0.1, 0.15) is 15.9 Å². The van der Waals surface area contributed by atoms with E-state index in [-0.39, 0.29) is 12.5 Å². The lowest BCUT2D eigenvalue weighted by molar-refractivity contribution is 0.0965. The van der Waals surface area contributed by atoms with Crippen LogP contribution >= 0.6 is 23.2 Å². The normalized spacial score (nSPS) is 12.3. The van der Waals surface area contributed by atoms with Gasteiger partial charge in [-0.1, -0.05) is 41.4 Å². The van der Waals surface area contributed by atoms with E-state index < -0.39 is 0 Å². The maximum absolute atomic E-state index is 13.0. The minimum Gasteiger partial charge on any atom is -0.487 e. The number of halogens is 2. The van der Waals surface area contributed by atoms with Crippen LogP contribution in [0.3, 0.4) is 0 Å². The lowest BCUT2D eigenvalue weighted by Gasteiger charge is -2.14. The molecule has 2 aromatic carbocycles. The first-order valence-corrected chi connectivity index (χ1v) is 9.11. The summed E-state index contributed by atoms with van der Waals surface area (Å²) >= 11 is 12.4. The SMILES string of the molecule is O=C1c2c(nc3cccc(Cl)c3c2OCc2ccc(Cl)cc2)-c2cccn21. The van der Waals surface area contributed by atoms with Crippen LogP contribution in [0.4, 0.5) is 0 Å². The average Bonchev–Trinajstić information content (AvgIpc) is 3.24. The van der Waals surface area contributed by atoms with Crippen molar-refractivity contribution < 1.29 is 9.53 Å². The van der Waals surface area contributed by atoms with Crippen molar-refractivity contribution in [3.05, 3.63) is 82.0 Å². The Morgan fingerprint density at radius 1 is 1.00 bits per heavy atom. The molecule has 0 saturated carbocycles. The summed E-state index contributed by atoms with van der Waals surface area (Å²) in [7, 11) is 0. The molecule has 0 fully saturated rings. The molecular formula is C21H12Cl2N2O2. The van der Waals surface area contributed by atoms with E-state index in [1.807, 2.05) is 36.4 Å². The minimum absolute atomic E-state index is 0.162. The monoisotopic (exact) mass is 394 g/mol. The molecule has 1 aliphatic heterocycles. The largest absolute Gasteiger partial charge is 0.487 e. The van der Waals surface area contributed by atoms with Gasteiger partial charge >= 0.3 is 0 Å². The summed E-state index contributed by atoms with van der Waals surface area (Å²) in [5.41, 5.74) is 3.45. The highest BCUT2D eigenvalue weighted by Crippen LogP contribution is 2.43. The highest BCUT2D eigenvalue weighted by Gasteiger charge is 2.33. The third-order valence-corrected chi connectivity index (χ3v) is 5.20. The van der Waals surface area contributed by atoms with Crippen molar-refractivity contribution in [1.29, 1.82) is 0 Å². The Morgan fingerprint density at radius 3 is 2.63 bits per heavy atom. The van der Waals surface area contributed by atoms with Gasteiger partial charge in [0.1, 0.15) is 23.6 Å². The molecule has 6 heteroatoms. The standard InChI is InChI=1S/C21H12Cl2N2O2/c22-13-8-6-12(7-9-13)11-27-20-17-14(23)3-1-4-15(17)24-19-16-5-2-10-25(16)21(26)18(19)20/h1-10H,11H2. The second kappa shape index (κ2) is 6.12. The molecule has 0 unspecified atom stereocenters. The molecule has 0 amide bonds. The van der Waals surface area contributed by atoms with Gasteiger partial charge in [0.2, 0.25) is 0 Å². The van der Waals surface area contributed by atoms with Crippen molar-refractivity contribution in [2.24, 2.45) is 0 Å². The van der Waals surface area contributed by atoms with Crippen LogP contribution in [0.5, 0.6) is 5.75 Å². The summed E-state index contributed by atoms with van der Waals surface area (Å²) in [6.07, 6.45) is 1.73. The molecular weight excluding hydrogens is 383 g/mol. The van der Waals surface area contributed by atoms with E-state index in [2.05, 4.69) is 4.98 Å². The number of rotatable bonds is 3. The molecule has 0 radical (unpaired) electrons. The van der Waals surface area contributed by atoms with Gasteiger partial charge in [0.15, 0.2) is 0 Å². The molecule has 0 bridgehead atoms. The van der Waals surface area contributed by atoms with Crippen molar-refractivity contribution in [3.8, 4) is 17.1 Å². The van der Waals surface area contributed by atoms with Gasteiger partial charge in [-0.05, 0) is 42.0 Å². The van der Waals surface area contributed by atoms with E-state index in [0.717, 1.165) is 11.3 Å². The van der Waals surface area contributed by atoms with Crippen LogP contribution in [0.2, 0.25) is 10.0 Å². The third-order valence-electron chi connectivity index (χ3n) is 4.64. The van der Waals surface area contributed by atoms with Crippen molar-refractivity contribution in [1.82, 2.24) is 9.55 Å². The molecule has 5 rings (SSSR count). The van der Waals surface area contributed by atoms with Gasteiger partial charge in [0.25, 0.3) is 5.91 Å². The third kappa shape index (κ3) is 2.52. The Hall–Kier alpha value is -2.82. The second-order valence-corrected chi connectivity index (χ2v) is 7.13. The molecule has 0 N–H and O–H groups in total. The van der Waals surface area contributed by atoms with Crippen molar-refractivity contribution in [2.45, 2.75) is 6.61 Å². The Bertz CT molecular complexity index is 1210. The lowest BCUT2D eigenvalue weighted by Crippen LogP contribution is -2.08. The predicted molar refractivity (Wildman–Crippen MR) is 106 cm³/mol. The van der Waals surface area contributed by atoms with Gasteiger partial charge in [0, 0.05) is 11.2 Å². The fourth-order valence-electron chi connectivity index (χ4n) is 3.38. The molecule has 0 aliphatic carbocycles. The van der Waals surface area contributed by atoms with Crippen molar-refractivity contribution in [2.75, 3.05) is 0 Å². The summed E-state index contributed by atoms with van der Waals surface area (Å²) in [5, 5.41) is 1.80. The van der Waals surface area contributed by atoms with Crippen molar-refractivity contribution in [3.63, 3.8) is 0 Å². The van der Waals surface area contributed by atoms with Gasteiger partial charge in [-0.25, -0.2) is 4.98 Å². The number of nitrogens with zero attached hydrogens (tertiary/aromatic N) is 2. The van der Waals surface area contributed by atoms with E-state index in [4.69, 9.17) is 27.9 Å². The van der Waals surface area contributed by atoms with Gasteiger partial charge in [-0.15, -0.1) is 0 Å². The molecule has 0 saturated heterocycles. The first kappa shape index (κ1) is 16.4. The maximum Gasteiger partial charge on any atom is 0.268 e. The molecule has 2 aromatic heterocycles. The van der Waals surface area contributed by atoms with E-state index in [0.29, 0.717) is 38.0 Å². The Balaban J connectivity index is 1.69. The first-order chi connectivity index (χ1) is 13.1. The number of aromatic nitrogens is 2. The van der Waals surface area contributed by atoms with Crippen LogP contribution in [0.15, 0.2) is 60.8 Å². The van der Waals surface area contributed by atoms with Gasteiger partial charge in [-0.3, -0.25) is 9.36 Å². The summed E-state index contributed by atoms with van der Waals surface area (Å²) in [6, 6.07) is 16.6. The van der Waals surface area contributed by atoms with Gasteiger partial charge in [0.05, 0.1) is 21.6 Å². The topological polar surface area (TPSA) is 44.1 Å². The first-order valence-electron chi connectivity index (χ1n) is 8.35. The molecule has 4 aromatic rings. The number of ether oxygens (including phenoxy) is 1. The summed E-state index contributed by atoms with van der Waals surface area (Å²) in [5.74, 6) is 0.301. The Kier molecular flexibility index (Phi) is 3.71. The second-order valence-electron chi connectivity index (χ2n) is 6.28. The zero-order valence-corrected chi connectivity index (χ0v) is 15.5. The summed E-state index contributed by atoms with van der Waals surface area (Å²) in [6.45, 7) is 0.288. The highest BCUT2D eigenvalue weighted by molar-refractivity contribution is 6.36. The van der Waals surface area contributed by atoms with Gasteiger partial charge < -0.3 is 4.74 Å². The van der Waals surface area contributed by atoms with Gasteiger partial charge in [-0.2, -0.15) is 0 Å². The zero-order valence-electron chi connectivity index (χ0n) is 13.9. The molecule has 0 atom stereocenters. The van der Waals surface area contributed by atoms with Crippen LogP contribution in [0.25, 0.3) is 22.3 Å². The fraction of sp³-hybridized carbons (Fsp3) is 0.0476. The van der Waals surface area contributed by atoms with E-state index in [1.165, 1.54) is 0 Å². The molecule has 4 nitrogen and oxygen atoms in total. The lowest BCUT2D eigenvalue weighted by atomic mass is 10.1.